The summed E-state index contributed by atoms with van der Waals surface area (Å²) in [5.74, 6) is 1.55. The Bertz CT molecular complexity index is 217. The van der Waals surface area contributed by atoms with Crippen molar-refractivity contribution in [2.75, 3.05) is 0 Å². The second kappa shape index (κ2) is 4.08. The molecule has 0 aromatic heterocycles. The molecule has 0 spiro atoms. The Balaban J connectivity index is 1.97. The van der Waals surface area contributed by atoms with Gasteiger partial charge in [0.15, 0.2) is 0 Å². The molecule has 1 heteroatoms. The first-order valence-corrected chi connectivity index (χ1v) is 5.52. The number of carbonyl (C=O) groups excluding carboxylic acids is 1. The van der Waals surface area contributed by atoms with Crippen molar-refractivity contribution in [2.24, 2.45) is 11.8 Å². The van der Waals surface area contributed by atoms with Crippen molar-refractivity contribution in [1.29, 1.82) is 0 Å². The van der Waals surface area contributed by atoms with Crippen molar-refractivity contribution in [3.05, 3.63) is 11.6 Å². The van der Waals surface area contributed by atoms with Gasteiger partial charge in [0.05, 0.1) is 0 Å². The molecule has 2 rings (SSSR count). The van der Waals surface area contributed by atoms with E-state index in [-0.39, 0.29) is 0 Å². The number of hydrogen-bond acceptors (Lipinski definition) is 1. The molecule has 2 aliphatic rings. The molecule has 0 radical (unpaired) electrons. The highest BCUT2D eigenvalue weighted by Gasteiger charge is 2.26. The third-order valence-corrected chi connectivity index (χ3v) is 3.56. The average molecular weight is 178 g/mol. The minimum absolute atomic E-state index is 0.665. The van der Waals surface area contributed by atoms with Gasteiger partial charge in [-0.3, -0.25) is 0 Å². The second-order valence-electron chi connectivity index (χ2n) is 4.46. The van der Waals surface area contributed by atoms with Crippen molar-refractivity contribution in [2.45, 2.75) is 44.9 Å². The molecule has 0 aromatic rings. The molecule has 0 saturated heterocycles. The number of aldehydes is 1. The van der Waals surface area contributed by atoms with Crippen LogP contribution in [-0.2, 0) is 4.79 Å². The molecule has 2 atom stereocenters. The smallest absolute Gasteiger partial charge is 0.120 e. The molecule has 1 nitrogen and oxygen atoms in total. The van der Waals surface area contributed by atoms with E-state index in [0.29, 0.717) is 5.92 Å². The van der Waals surface area contributed by atoms with Crippen LogP contribution in [0.25, 0.3) is 0 Å². The Morgan fingerprint density at radius 3 is 3.15 bits per heavy atom. The fourth-order valence-electron chi connectivity index (χ4n) is 2.79. The third kappa shape index (κ3) is 2.01. The van der Waals surface area contributed by atoms with Gasteiger partial charge in [0, 0.05) is 6.42 Å². The first kappa shape index (κ1) is 8.98. The standard InChI is InChI=1S/C12H18O/c13-8-7-10-5-6-11-3-1-2-4-12(11)9-10/h4,8,10-11H,1-3,5-7,9H2. The summed E-state index contributed by atoms with van der Waals surface area (Å²) in [6.07, 6.45) is 12.2. The summed E-state index contributed by atoms with van der Waals surface area (Å²) >= 11 is 0. The van der Waals surface area contributed by atoms with E-state index in [1.54, 1.807) is 5.57 Å². The van der Waals surface area contributed by atoms with Gasteiger partial charge in [-0.1, -0.05) is 11.6 Å². The monoisotopic (exact) mass is 178 g/mol. The number of fused-ring (bicyclic) bond motifs is 1. The van der Waals surface area contributed by atoms with Gasteiger partial charge in [0.2, 0.25) is 0 Å². The fraction of sp³-hybridized carbons (Fsp3) is 0.750. The molecule has 72 valence electrons. The molecule has 2 aliphatic carbocycles. The normalized spacial score (nSPS) is 33.4. The van der Waals surface area contributed by atoms with Gasteiger partial charge in [0.1, 0.15) is 6.29 Å². The predicted octanol–water partition coefficient (Wildman–Crippen LogP) is 3.10. The van der Waals surface area contributed by atoms with E-state index in [9.17, 15) is 4.79 Å². The van der Waals surface area contributed by atoms with Crippen molar-refractivity contribution in [3.63, 3.8) is 0 Å². The van der Waals surface area contributed by atoms with Crippen molar-refractivity contribution >= 4 is 6.29 Å². The van der Waals surface area contributed by atoms with Gasteiger partial charge in [0.25, 0.3) is 0 Å². The molecular formula is C12H18O. The van der Waals surface area contributed by atoms with Crippen LogP contribution in [0.2, 0.25) is 0 Å². The Kier molecular flexibility index (Phi) is 2.82. The van der Waals surface area contributed by atoms with Crippen molar-refractivity contribution < 1.29 is 4.79 Å². The molecule has 13 heavy (non-hydrogen) atoms. The highest BCUT2D eigenvalue weighted by Crippen LogP contribution is 2.39. The molecule has 2 unspecified atom stereocenters. The zero-order valence-corrected chi connectivity index (χ0v) is 8.17. The van der Waals surface area contributed by atoms with E-state index >= 15 is 0 Å². The fourth-order valence-corrected chi connectivity index (χ4v) is 2.79. The Hall–Kier alpha value is -0.590. The molecule has 0 bridgehead atoms. The van der Waals surface area contributed by atoms with E-state index in [1.807, 2.05) is 0 Å². The molecule has 1 fully saturated rings. The number of hydrogen-bond donors (Lipinski definition) is 0. The summed E-state index contributed by atoms with van der Waals surface area (Å²) in [6, 6.07) is 0. The van der Waals surface area contributed by atoms with Crippen LogP contribution in [0.1, 0.15) is 44.9 Å². The van der Waals surface area contributed by atoms with Crippen LogP contribution in [0.15, 0.2) is 11.6 Å². The van der Waals surface area contributed by atoms with Crippen LogP contribution in [0.5, 0.6) is 0 Å². The van der Waals surface area contributed by atoms with Gasteiger partial charge in [-0.05, 0) is 50.4 Å². The van der Waals surface area contributed by atoms with E-state index < -0.39 is 0 Å². The summed E-state index contributed by atoms with van der Waals surface area (Å²) < 4.78 is 0. The lowest BCUT2D eigenvalue weighted by Gasteiger charge is -2.33. The summed E-state index contributed by atoms with van der Waals surface area (Å²) in [5, 5.41) is 0. The third-order valence-electron chi connectivity index (χ3n) is 3.56. The van der Waals surface area contributed by atoms with Crippen LogP contribution in [0, 0.1) is 11.8 Å². The van der Waals surface area contributed by atoms with Crippen LogP contribution in [0.3, 0.4) is 0 Å². The maximum atomic E-state index is 10.4. The minimum Gasteiger partial charge on any atom is -0.303 e. The van der Waals surface area contributed by atoms with Gasteiger partial charge < -0.3 is 4.79 Å². The SMILES string of the molecule is O=CCC1CCC2CCCC=C2C1. The zero-order valence-electron chi connectivity index (χ0n) is 8.17. The van der Waals surface area contributed by atoms with Crippen LogP contribution >= 0.6 is 0 Å². The van der Waals surface area contributed by atoms with Gasteiger partial charge in [-0.2, -0.15) is 0 Å². The van der Waals surface area contributed by atoms with Crippen molar-refractivity contribution in [1.82, 2.24) is 0 Å². The van der Waals surface area contributed by atoms with E-state index in [0.717, 1.165) is 18.6 Å². The Morgan fingerprint density at radius 2 is 2.31 bits per heavy atom. The summed E-state index contributed by atoms with van der Waals surface area (Å²) in [6.45, 7) is 0. The molecule has 0 aliphatic heterocycles. The van der Waals surface area contributed by atoms with Gasteiger partial charge in [-0.15, -0.1) is 0 Å². The zero-order chi connectivity index (χ0) is 9.10. The Morgan fingerprint density at radius 1 is 1.38 bits per heavy atom. The molecule has 0 N–H and O–H groups in total. The van der Waals surface area contributed by atoms with Crippen LogP contribution in [0.4, 0.5) is 0 Å². The first-order chi connectivity index (χ1) is 6.40. The quantitative estimate of drug-likeness (QED) is 0.469. The number of allylic oxidation sites excluding steroid dienone is 2. The number of rotatable bonds is 2. The summed E-state index contributed by atoms with van der Waals surface area (Å²) in [4.78, 5) is 10.4. The molecule has 1 saturated carbocycles. The lowest BCUT2D eigenvalue weighted by molar-refractivity contribution is -0.108. The first-order valence-electron chi connectivity index (χ1n) is 5.52. The summed E-state index contributed by atoms with van der Waals surface area (Å²) in [7, 11) is 0. The number of carbonyl (C=O) groups is 1. The summed E-state index contributed by atoms with van der Waals surface area (Å²) in [5.41, 5.74) is 1.67. The molecule has 0 heterocycles. The maximum Gasteiger partial charge on any atom is 0.120 e. The van der Waals surface area contributed by atoms with E-state index in [2.05, 4.69) is 6.08 Å². The lowest BCUT2D eigenvalue weighted by atomic mass is 9.73. The van der Waals surface area contributed by atoms with Gasteiger partial charge in [-0.25, -0.2) is 0 Å². The molecular weight excluding hydrogens is 160 g/mol. The second-order valence-corrected chi connectivity index (χ2v) is 4.46. The highest BCUT2D eigenvalue weighted by molar-refractivity contribution is 5.50. The largest absolute Gasteiger partial charge is 0.303 e. The topological polar surface area (TPSA) is 17.1 Å². The van der Waals surface area contributed by atoms with Gasteiger partial charge >= 0.3 is 0 Å². The minimum atomic E-state index is 0.665. The average Bonchev–Trinajstić information content (AvgIpc) is 2.18. The van der Waals surface area contributed by atoms with Crippen LogP contribution < -0.4 is 0 Å². The Labute approximate surface area is 80.2 Å². The molecule has 0 aromatic carbocycles. The van der Waals surface area contributed by atoms with E-state index in [4.69, 9.17) is 0 Å². The maximum absolute atomic E-state index is 10.4. The van der Waals surface area contributed by atoms with Crippen molar-refractivity contribution in [3.8, 4) is 0 Å². The lowest BCUT2D eigenvalue weighted by Crippen LogP contribution is -2.19. The van der Waals surface area contributed by atoms with Crippen LogP contribution in [-0.4, -0.2) is 6.29 Å². The highest BCUT2D eigenvalue weighted by atomic mass is 16.1. The predicted molar refractivity (Wildman–Crippen MR) is 53.4 cm³/mol. The van der Waals surface area contributed by atoms with E-state index in [1.165, 1.54) is 38.5 Å². The molecule has 0 amide bonds.